The SMILES string of the molecule is COc1cc(CC(=O)OC(C)C(=O)Nc2ccc(F)cc2F)ccc1C. The molecule has 2 aromatic carbocycles. The zero-order chi connectivity index (χ0) is 19.3. The predicted molar refractivity (Wildman–Crippen MR) is 92.0 cm³/mol. The van der Waals surface area contributed by atoms with Gasteiger partial charge in [-0.05, 0) is 43.2 Å². The van der Waals surface area contributed by atoms with Crippen molar-refractivity contribution in [2.75, 3.05) is 12.4 Å². The molecule has 0 saturated heterocycles. The summed E-state index contributed by atoms with van der Waals surface area (Å²) in [6, 6.07) is 8.05. The number of aryl methyl sites for hydroxylation is 1. The summed E-state index contributed by atoms with van der Waals surface area (Å²) in [5, 5.41) is 2.25. The summed E-state index contributed by atoms with van der Waals surface area (Å²) < 4.78 is 36.7. The van der Waals surface area contributed by atoms with Crippen LogP contribution >= 0.6 is 0 Å². The molecule has 0 heterocycles. The maximum atomic E-state index is 13.6. The number of ether oxygens (including phenoxy) is 2. The Bertz CT molecular complexity index is 823. The van der Waals surface area contributed by atoms with Crippen molar-refractivity contribution in [3.05, 3.63) is 59.2 Å². The first-order valence-corrected chi connectivity index (χ1v) is 7.89. The van der Waals surface area contributed by atoms with Gasteiger partial charge in [0.15, 0.2) is 6.10 Å². The maximum absolute atomic E-state index is 13.6. The van der Waals surface area contributed by atoms with Gasteiger partial charge in [-0.25, -0.2) is 8.78 Å². The summed E-state index contributed by atoms with van der Waals surface area (Å²) in [5.74, 6) is -2.35. The Kier molecular flexibility index (Phi) is 6.27. The molecule has 0 saturated carbocycles. The molecule has 7 heteroatoms. The third kappa shape index (κ3) is 5.02. The fourth-order valence-electron chi connectivity index (χ4n) is 2.26. The highest BCUT2D eigenvalue weighted by atomic mass is 19.1. The van der Waals surface area contributed by atoms with Crippen LogP contribution in [0.5, 0.6) is 5.75 Å². The molecule has 26 heavy (non-hydrogen) atoms. The number of halogens is 2. The summed E-state index contributed by atoms with van der Waals surface area (Å²) >= 11 is 0. The number of esters is 1. The molecule has 0 spiro atoms. The molecule has 0 aliphatic carbocycles. The zero-order valence-corrected chi connectivity index (χ0v) is 14.6. The van der Waals surface area contributed by atoms with Crippen molar-refractivity contribution in [3.8, 4) is 5.75 Å². The van der Waals surface area contributed by atoms with Gasteiger partial charge in [0.05, 0.1) is 19.2 Å². The summed E-state index contributed by atoms with van der Waals surface area (Å²) in [6.45, 7) is 3.24. The molecule has 2 aromatic rings. The van der Waals surface area contributed by atoms with Crippen LogP contribution in [0.2, 0.25) is 0 Å². The van der Waals surface area contributed by atoms with E-state index in [1.807, 2.05) is 13.0 Å². The van der Waals surface area contributed by atoms with Crippen molar-refractivity contribution >= 4 is 17.6 Å². The molecule has 0 fully saturated rings. The quantitative estimate of drug-likeness (QED) is 0.799. The van der Waals surface area contributed by atoms with E-state index in [2.05, 4.69) is 5.32 Å². The number of rotatable bonds is 6. The van der Waals surface area contributed by atoms with Crippen LogP contribution in [-0.4, -0.2) is 25.1 Å². The van der Waals surface area contributed by atoms with Crippen LogP contribution in [-0.2, 0) is 20.7 Å². The molecule has 0 bridgehead atoms. The molecule has 2 rings (SSSR count). The van der Waals surface area contributed by atoms with E-state index < -0.39 is 29.6 Å². The molecule has 1 unspecified atom stereocenters. The van der Waals surface area contributed by atoms with E-state index >= 15 is 0 Å². The van der Waals surface area contributed by atoms with Gasteiger partial charge >= 0.3 is 5.97 Å². The van der Waals surface area contributed by atoms with Crippen LogP contribution in [0.1, 0.15) is 18.1 Å². The Morgan fingerprint density at radius 1 is 1.15 bits per heavy atom. The highest BCUT2D eigenvalue weighted by Crippen LogP contribution is 2.20. The number of carbonyl (C=O) groups excluding carboxylic acids is 2. The van der Waals surface area contributed by atoms with Crippen molar-refractivity contribution in [1.29, 1.82) is 0 Å². The second-order valence-electron chi connectivity index (χ2n) is 5.73. The van der Waals surface area contributed by atoms with Gasteiger partial charge in [-0.2, -0.15) is 0 Å². The topological polar surface area (TPSA) is 64.6 Å². The lowest BCUT2D eigenvalue weighted by Gasteiger charge is -2.14. The van der Waals surface area contributed by atoms with Crippen molar-refractivity contribution in [2.24, 2.45) is 0 Å². The van der Waals surface area contributed by atoms with Gasteiger partial charge in [-0.15, -0.1) is 0 Å². The van der Waals surface area contributed by atoms with Gasteiger partial charge in [-0.1, -0.05) is 12.1 Å². The molecule has 0 aliphatic rings. The van der Waals surface area contributed by atoms with E-state index in [4.69, 9.17) is 9.47 Å². The molecule has 0 aromatic heterocycles. The first-order valence-electron chi connectivity index (χ1n) is 7.89. The number of nitrogens with one attached hydrogen (secondary N) is 1. The van der Waals surface area contributed by atoms with E-state index in [-0.39, 0.29) is 12.1 Å². The minimum atomic E-state index is -1.14. The molecule has 1 amide bonds. The van der Waals surface area contributed by atoms with E-state index in [9.17, 15) is 18.4 Å². The molecule has 138 valence electrons. The van der Waals surface area contributed by atoms with E-state index in [0.29, 0.717) is 17.4 Å². The van der Waals surface area contributed by atoms with Gasteiger partial charge in [0.25, 0.3) is 5.91 Å². The third-order valence-electron chi connectivity index (χ3n) is 3.69. The van der Waals surface area contributed by atoms with Gasteiger partial charge in [0, 0.05) is 6.07 Å². The number of methoxy groups -OCH3 is 1. The van der Waals surface area contributed by atoms with Crippen molar-refractivity contribution in [3.63, 3.8) is 0 Å². The van der Waals surface area contributed by atoms with Crippen LogP contribution < -0.4 is 10.1 Å². The Hall–Kier alpha value is -2.96. The molecular weight excluding hydrogens is 344 g/mol. The average Bonchev–Trinajstić information content (AvgIpc) is 2.58. The normalized spacial score (nSPS) is 11.6. The van der Waals surface area contributed by atoms with Crippen molar-refractivity contribution < 1.29 is 27.8 Å². The molecule has 0 aliphatic heterocycles. The lowest BCUT2D eigenvalue weighted by Crippen LogP contribution is -2.30. The van der Waals surface area contributed by atoms with Gasteiger partial charge in [0.2, 0.25) is 0 Å². The number of hydrogen-bond donors (Lipinski definition) is 1. The number of anilines is 1. The van der Waals surface area contributed by atoms with Crippen LogP contribution in [0.3, 0.4) is 0 Å². The molecule has 1 atom stereocenters. The summed E-state index contributed by atoms with van der Waals surface area (Å²) in [5.41, 5.74) is 1.41. The molecule has 1 N–H and O–H groups in total. The monoisotopic (exact) mass is 363 g/mol. The van der Waals surface area contributed by atoms with Crippen LogP contribution in [0.4, 0.5) is 14.5 Å². The standard InChI is InChI=1S/C19H19F2NO4/c1-11-4-5-13(8-17(11)25-3)9-18(23)26-12(2)19(24)22-16-7-6-14(20)10-15(16)21/h4-8,10,12H,9H2,1-3H3,(H,22,24). The Labute approximate surface area is 149 Å². The molecular formula is C19H19F2NO4. The lowest BCUT2D eigenvalue weighted by molar-refractivity contribution is -0.152. The van der Waals surface area contributed by atoms with Crippen molar-refractivity contribution in [2.45, 2.75) is 26.4 Å². The first-order chi connectivity index (χ1) is 12.3. The van der Waals surface area contributed by atoms with Gasteiger partial charge in [-0.3, -0.25) is 9.59 Å². The number of benzene rings is 2. The Balaban J connectivity index is 1.94. The number of carbonyl (C=O) groups is 2. The fourth-order valence-corrected chi connectivity index (χ4v) is 2.26. The molecule has 0 radical (unpaired) electrons. The lowest BCUT2D eigenvalue weighted by atomic mass is 10.1. The Morgan fingerprint density at radius 3 is 2.54 bits per heavy atom. The maximum Gasteiger partial charge on any atom is 0.311 e. The minimum absolute atomic E-state index is 0.0425. The first kappa shape index (κ1) is 19.4. The van der Waals surface area contributed by atoms with Gasteiger partial charge in [0.1, 0.15) is 17.4 Å². The largest absolute Gasteiger partial charge is 0.496 e. The summed E-state index contributed by atoms with van der Waals surface area (Å²) in [4.78, 5) is 24.0. The number of amides is 1. The second kappa shape index (κ2) is 8.42. The van der Waals surface area contributed by atoms with E-state index in [1.54, 1.807) is 12.1 Å². The minimum Gasteiger partial charge on any atom is -0.496 e. The predicted octanol–water partition coefficient (Wildman–Crippen LogP) is 3.39. The highest BCUT2D eigenvalue weighted by molar-refractivity contribution is 5.95. The smallest absolute Gasteiger partial charge is 0.311 e. The van der Waals surface area contributed by atoms with Gasteiger partial charge < -0.3 is 14.8 Å². The fraction of sp³-hybridized carbons (Fsp3) is 0.263. The van der Waals surface area contributed by atoms with Crippen LogP contribution in [0, 0.1) is 18.6 Å². The summed E-state index contributed by atoms with van der Waals surface area (Å²) in [6.07, 6.45) is -1.18. The number of hydrogen-bond acceptors (Lipinski definition) is 4. The second-order valence-corrected chi connectivity index (χ2v) is 5.73. The molecule has 5 nitrogen and oxygen atoms in total. The van der Waals surface area contributed by atoms with Crippen LogP contribution in [0.25, 0.3) is 0 Å². The Morgan fingerprint density at radius 2 is 1.88 bits per heavy atom. The van der Waals surface area contributed by atoms with E-state index in [1.165, 1.54) is 14.0 Å². The zero-order valence-electron chi connectivity index (χ0n) is 14.6. The van der Waals surface area contributed by atoms with Crippen LogP contribution in [0.15, 0.2) is 36.4 Å². The van der Waals surface area contributed by atoms with Crippen molar-refractivity contribution in [1.82, 2.24) is 0 Å². The third-order valence-corrected chi connectivity index (χ3v) is 3.69. The summed E-state index contributed by atoms with van der Waals surface area (Å²) in [7, 11) is 1.53. The average molecular weight is 363 g/mol. The van der Waals surface area contributed by atoms with E-state index in [0.717, 1.165) is 17.7 Å². The highest BCUT2D eigenvalue weighted by Gasteiger charge is 2.19.